The number of nitrogens with zero attached hydrogens (tertiary/aromatic N) is 2. The third-order valence-electron chi connectivity index (χ3n) is 5.52. The molecule has 0 saturated carbocycles. The number of hydrogen-bond acceptors (Lipinski definition) is 3. The van der Waals surface area contributed by atoms with E-state index in [1.165, 1.54) is 11.1 Å². The van der Waals surface area contributed by atoms with Crippen molar-refractivity contribution < 1.29 is 4.79 Å². The number of carbonyl (C=O) groups excluding carboxylic acids is 1. The number of aromatic nitrogens is 2. The number of anilines is 1. The van der Waals surface area contributed by atoms with Gasteiger partial charge in [-0.3, -0.25) is 14.8 Å². The average Bonchev–Trinajstić information content (AvgIpc) is 3.28. The van der Waals surface area contributed by atoms with Crippen molar-refractivity contribution in [3.63, 3.8) is 0 Å². The lowest BCUT2D eigenvalue weighted by molar-refractivity contribution is 0.102. The lowest BCUT2D eigenvalue weighted by Gasteiger charge is -2.19. The highest BCUT2D eigenvalue weighted by Crippen LogP contribution is 2.28. The molecule has 5 nitrogen and oxygen atoms in total. The predicted molar refractivity (Wildman–Crippen MR) is 116 cm³/mol. The Balaban J connectivity index is 1.38. The van der Waals surface area contributed by atoms with Crippen molar-refractivity contribution >= 4 is 11.7 Å². The molecule has 1 aromatic heterocycles. The molecule has 0 bridgehead atoms. The number of carbonyl (C=O) groups is 1. The summed E-state index contributed by atoms with van der Waals surface area (Å²) in [6.45, 7) is 9.12. The van der Waals surface area contributed by atoms with Gasteiger partial charge in [-0.1, -0.05) is 63.2 Å². The van der Waals surface area contributed by atoms with Crippen LogP contribution in [0.3, 0.4) is 0 Å². The van der Waals surface area contributed by atoms with Crippen LogP contribution in [-0.2, 0) is 24.9 Å². The summed E-state index contributed by atoms with van der Waals surface area (Å²) in [6, 6.07) is 18.3. The Morgan fingerprint density at radius 3 is 2.48 bits per heavy atom. The highest BCUT2D eigenvalue weighted by molar-refractivity contribution is 6.04. The van der Waals surface area contributed by atoms with Gasteiger partial charge in [0.25, 0.3) is 5.91 Å². The van der Waals surface area contributed by atoms with Crippen LogP contribution in [0, 0.1) is 0 Å². The third kappa shape index (κ3) is 4.40. The summed E-state index contributed by atoms with van der Waals surface area (Å²) in [5, 5.41) is 10.4. The molecule has 5 heteroatoms. The second-order valence-corrected chi connectivity index (χ2v) is 8.76. The molecule has 4 rings (SSSR count). The van der Waals surface area contributed by atoms with Crippen molar-refractivity contribution in [3.05, 3.63) is 82.5 Å². The van der Waals surface area contributed by atoms with Gasteiger partial charge in [0.15, 0.2) is 5.82 Å². The van der Waals surface area contributed by atoms with Crippen LogP contribution in [0.2, 0.25) is 0 Å². The van der Waals surface area contributed by atoms with Crippen LogP contribution in [-0.4, -0.2) is 27.5 Å². The summed E-state index contributed by atoms with van der Waals surface area (Å²) in [6.07, 6.45) is 1.01. The largest absolute Gasteiger partial charge is 0.305 e. The lowest BCUT2D eigenvalue weighted by Crippen LogP contribution is -2.21. The van der Waals surface area contributed by atoms with Gasteiger partial charge in [-0.2, -0.15) is 5.10 Å². The number of hydrogen-bond donors (Lipinski definition) is 2. The van der Waals surface area contributed by atoms with Crippen molar-refractivity contribution in [2.24, 2.45) is 0 Å². The highest BCUT2D eigenvalue weighted by Gasteiger charge is 2.25. The first-order chi connectivity index (χ1) is 13.9. The van der Waals surface area contributed by atoms with Crippen LogP contribution in [0.1, 0.15) is 53.5 Å². The Kier molecular flexibility index (Phi) is 5.24. The van der Waals surface area contributed by atoms with Crippen LogP contribution in [0.5, 0.6) is 0 Å². The van der Waals surface area contributed by atoms with Gasteiger partial charge in [-0.25, -0.2) is 0 Å². The molecule has 0 aliphatic carbocycles. The molecule has 2 N–H and O–H groups in total. The Morgan fingerprint density at radius 2 is 1.79 bits per heavy atom. The standard InChI is InChI=1S/C24H28N4O/c1-24(2,3)19-11-9-18(10-12-19)23(29)25-22-20-15-28(16-21(20)26-27-22)14-13-17-7-5-4-6-8-17/h4-12H,13-16H2,1-3H3,(H2,25,26,27,29). The molecule has 0 radical (unpaired) electrons. The molecule has 29 heavy (non-hydrogen) atoms. The Bertz CT molecular complexity index is 984. The fourth-order valence-corrected chi connectivity index (χ4v) is 3.70. The van der Waals surface area contributed by atoms with Crippen LogP contribution in [0.25, 0.3) is 0 Å². The van der Waals surface area contributed by atoms with Crippen molar-refractivity contribution in [1.29, 1.82) is 0 Å². The molecule has 3 aromatic rings. The van der Waals surface area contributed by atoms with E-state index in [0.717, 1.165) is 37.3 Å². The van der Waals surface area contributed by atoms with E-state index in [9.17, 15) is 4.79 Å². The van der Waals surface area contributed by atoms with Crippen LogP contribution >= 0.6 is 0 Å². The molecule has 0 saturated heterocycles. The lowest BCUT2D eigenvalue weighted by atomic mass is 9.87. The topological polar surface area (TPSA) is 61.0 Å². The predicted octanol–water partition coefficient (Wildman–Crippen LogP) is 4.52. The van der Waals surface area contributed by atoms with Crippen LogP contribution < -0.4 is 5.32 Å². The summed E-state index contributed by atoms with van der Waals surface area (Å²) < 4.78 is 0. The van der Waals surface area contributed by atoms with E-state index in [4.69, 9.17) is 0 Å². The Morgan fingerprint density at radius 1 is 1.07 bits per heavy atom. The minimum absolute atomic E-state index is 0.0707. The van der Waals surface area contributed by atoms with Gasteiger partial charge in [-0.15, -0.1) is 0 Å². The smallest absolute Gasteiger partial charge is 0.256 e. The summed E-state index contributed by atoms with van der Waals surface area (Å²) in [5.41, 5.74) is 5.46. The van der Waals surface area contributed by atoms with E-state index < -0.39 is 0 Å². The number of fused-ring (bicyclic) bond motifs is 1. The first-order valence-corrected chi connectivity index (χ1v) is 10.1. The van der Waals surface area contributed by atoms with Gasteiger partial charge >= 0.3 is 0 Å². The monoisotopic (exact) mass is 388 g/mol. The van der Waals surface area contributed by atoms with E-state index >= 15 is 0 Å². The van der Waals surface area contributed by atoms with Crippen LogP contribution in [0.4, 0.5) is 5.82 Å². The maximum absolute atomic E-state index is 12.7. The van der Waals surface area contributed by atoms with Gasteiger partial charge in [0.2, 0.25) is 0 Å². The molecule has 2 heterocycles. The first-order valence-electron chi connectivity index (χ1n) is 10.1. The average molecular weight is 389 g/mol. The molecule has 150 valence electrons. The molecule has 1 aliphatic heterocycles. The maximum Gasteiger partial charge on any atom is 0.256 e. The van der Waals surface area contributed by atoms with Crippen molar-refractivity contribution in [2.45, 2.75) is 45.7 Å². The summed E-state index contributed by atoms with van der Waals surface area (Å²) in [7, 11) is 0. The van der Waals surface area contributed by atoms with Gasteiger partial charge in [0, 0.05) is 30.8 Å². The molecule has 0 fully saturated rings. The second-order valence-electron chi connectivity index (χ2n) is 8.76. The quantitative estimate of drug-likeness (QED) is 0.676. The molecule has 1 amide bonds. The molecule has 0 unspecified atom stereocenters. The normalized spacial score (nSPS) is 14.0. The van der Waals surface area contributed by atoms with Crippen molar-refractivity contribution in [3.8, 4) is 0 Å². The number of aromatic amines is 1. The molecular weight excluding hydrogens is 360 g/mol. The first kappa shape index (κ1) is 19.4. The number of benzene rings is 2. The Labute approximate surface area is 172 Å². The van der Waals surface area contributed by atoms with Crippen LogP contribution in [0.15, 0.2) is 54.6 Å². The number of H-pyrrole nitrogens is 1. The van der Waals surface area contributed by atoms with E-state index in [-0.39, 0.29) is 11.3 Å². The van der Waals surface area contributed by atoms with E-state index in [1.54, 1.807) is 0 Å². The minimum atomic E-state index is -0.123. The van der Waals surface area contributed by atoms with E-state index in [0.29, 0.717) is 11.4 Å². The van der Waals surface area contributed by atoms with Gasteiger partial charge < -0.3 is 5.32 Å². The summed E-state index contributed by atoms with van der Waals surface area (Å²) in [5.74, 6) is 0.523. The van der Waals surface area contributed by atoms with Gasteiger partial charge in [0.05, 0.1) is 5.69 Å². The minimum Gasteiger partial charge on any atom is -0.305 e. The fraction of sp³-hybridized carbons (Fsp3) is 0.333. The van der Waals surface area contributed by atoms with E-state index in [1.807, 2.05) is 30.3 Å². The number of rotatable bonds is 5. The zero-order valence-corrected chi connectivity index (χ0v) is 17.3. The molecule has 0 atom stereocenters. The van der Waals surface area contributed by atoms with Crippen molar-refractivity contribution in [2.75, 3.05) is 11.9 Å². The zero-order valence-electron chi connectivity index (χ0n) is 17.3. The van der Waals surface area contributed by atoms with Gasteiger partial charge in [0.1, 0.15) is 0 Å². The second kappa shape index (κ2) is 7.84. The summed E-state index contributed by atoms with van der Waals surface area (Å²) in [4.78, 5) is 15.1. The molecule has 1 aliphatic rings. The Hall–Kier alpha value is -2.92. The van der Waals surface area contributed by atoms with E-state index in [2.05, 4.69) is 65.5 Å². The number of nitrogens with one attached hydrogen (secondary N) is 2. The number of amides is 1. The third-order valence-corrected chi connectivity index (χ3v) is 5.52. The summed E-state index contributed by atoms with van der Waals surface area (Å²) >= 11 is 0. The molecular formula is C24H28N4O. The van der Waals surface area contributed by atoms with Crippen molar-refractivity contribution in [1.82, 2.24) is 15.1 Å². The molecule has 0 spiro atoms. The zero-order chi connectivity index (χ0) is 20.4. The maximum atomic E-state index is 12.7. The SMILES string of the molecule is CC(C)(C)c1ccc(C(=O)Nc2n[nH]c3c2CN(CCc2ccccc2)C3)cc1. The fourth-order valence-electron chi connectivity index (χ4n) is 3.70. The highest BCUT2D eigenvalue weighted by atomic mass is 16.1. The molecule has 2 aromatic carbocycles. The van der Waals surface area contributed by atoms with Gasteiger partial charge in [-0.05, 0) is 35.1 Å².